The maximum atomic E-state index is 11.9. The fourth-order valence-electron chi connectivity index (χ4n) is 2.65. The van der Waals surface area contributed by atoms with Gasteiger partial charge in [0.05, 0.1) is 6.20 Å². The van der Waals surface area contributed by atoms with Gasteiger partial charge in [0.15, 0.2) is 0 Å². The molecule has 1 aliphatic carbocycles. The van der Waals surface area contributed by atoms with E-state index in [-0.39, 0.29) is 24.5 Å². The third-order valence-corrected chi connectivity index (χ3v) is 3.75. The van der Waals surface area contributed by atoms with Gasteiger partial charge in [-0.1, -0.05) is 18.1 Å². The van der Waals surface area contributed by atoms with Gasteiger partial charge in [-0.25, -0.2) is 0 Å². The molecule has 6 heteroatoms. The van der Waals surface area contributed by atoms with Crippen LogP contribution in [0, 0.1) is 5.92 Å². The van der Waals surface area contributed by atoms with E-state index in [4.69, 9.17) is 0 Å². The number of rotatable bonds is 6. The summed E-state index contributed by atoms with van der Waals surface area (Å²) >= 11 is 0. The van der Waals surface area contributed by atoms with Crippen molar-refractivity contribution in [1.29, 1.82) is 0 Å². The van der Waals surface area contributed by atoms with Crippen molar-refractivity contribution in [2.24, 2.45) is 5.92 Å². The normalized spacial score (nSPS) is 23.2. The molecule has 19 heavy (non-hydrogen) atoms. The summed E-state index contributed by atoms with van der Waals surface area (Å²) in [5, 5.41) is 19.9. The number of amides is 1. The smallest absolute Gasteiger partial charge is 0.220 e. The largest absolute Gasteiger partial charge is 0.396 e. The Morgan fingerprint density at radius 2 is 2.26 bits per heavy atom. The van der Waals surface area contributed by atoms with E-state index in [1.54, 1.807) is 17.1 Å². The molecule has 1 aromatic rings. The number of aromatic nitrogens is 3. The number of aryl methyl sites for hydroxylation is 1. The van der Waals surface area contributed by atoms with Crippen LogP contribution in [0.1, 0.15) is 38.5 Å². The number of nitrogens with zero attached hydrogens (tertiary/aromatic N) is 3. The number of carbonyl (C=O) groups is 1. The first-order valence-electron chi connectivity index (χ1n) is 7.04. The number of nitrogens with one attached hydrogen (secondary N) is 1. The van der Waals surface area contributed by atoms with Gasteiger partial charge in [-0.3, -0.25) is 9.48 Å². The molecule has 1 aliphatic rings. The van der Waals surface area contributed by atoms with Crippen molar-refractivity contribution in [3.05, 3.63) is 12.4 Å². The second kappa shape index (κ2) is 7.23. The van der Waals surface area contributed by atoms with Gasteiger partial charge in [0.1, 0.15) is 0 Å². The summed E-state index contributed by atoms with van der Waals surface area (Å²) in [7, 11) is 0. The van der Waals surface area contributed by atoms with Gasteiger partial charge in [0, 0.05) is 37.7 Å². The molecule has 0 aromatic carbocycles. The number of aliphatic hydroxyl groups is 1. The zero-order chi connectivity index (χ0) is 13.5. The first kappa shape index (κ1) is 14.0. The molecule has 2 N–H and O–H groups in total. The van der Waals surface area contributed by atoms with Crippen molar-refractivity contribution in [2.75, 3.05) is 6.61 Å². The van der Waals surface area contributed by atoms with Crippen LogP contribution in [0.3, 0.4) is 0 Å². The fraction of sp³-hybridized carbons (Fsp3) is 0.769. The maximum Gasteiger partial charge on any atom is 0.220 e. The van der Waals surface area contributed by atoms with Crippen molar-refractivity contribution in [2.45, 2.75) is 51.1 Å². The Bertz CT molecular complexity index is 380. The van der Waals surface area contributed by atoms with Gasteiger partial charge in [-0.15, -0.1) is 5.10 Å². The molecule has 0 saturated heterocycles. The summed E-state index contributed by atoms with van der Waals surface area (Å²) < 4.78 is 1.73. The standard InChI is InChI=1S/C13H22N4O2/c18-10-11-4-1-2-5-12(11)15-13(19)6-3-8-17-9-7-14-16-17/h7,9,11-12,18H,1-6,8,10H2,(H,15,19). The summed E-state index contributed by atoms with van der Waals surface area (Å²) in [5.41, 5.74) is 0. The van der Waals surface area contributed by atoms with Crippen LogP contribution in [0.15, 0.2) is 12.4 Å². The van der Waals surface area contributed by atoms with Crippen LogP contribution in [-0.4, -0.2) is 38.7 Å². The predicted molar refractivity (Wildman–Crippen MR) is 70.2 cm³/mol. The van der Waals surface area contributed by atoms with Crippen molar-refractivity contribution in [3.8, 4) is 0 Å². The Balaban J connectivity index is 1.68. The molecular formula is C13H22N4O2. The number of hydrogen-bond donors (Lipinski definition) is 2. The fourth-order valence-corrected chi connectivity index (χ4v) is 2.65. The molecule has 0 spiro atoms. The molecule has 2 atom stereocenters. The summed E-state index contributed by atoms with van der Waals surface area (Å²) in [6.07, 6.45) is 8.97. The average molecular weight is 266 g/mol. The minimum atomic E-state index is 0.0745. The van der Waals surface area contributed by atoms with E-state index < -0.39 is 0 Å². The molecule has 1 saturated carbocycles. The highest BCUT2D eigenvalue weighted by Crippen LogP contribution is 2.23. The molecule has 6 nitrogen and oxygen atoms in total. The van der Waals surface area contributed by atoms with Crippen LogP contribution in [0.4, 0.5) is 0 Å². The van der Waals surface area contributed by atoms with E-state index in [9.17, 15) is 9.90 Å². The quantitative estimate of drug-likeness (QED) is 0.795. The van der Waals surface area contributed by atoms with Crippen LogP contribution in [-0.2, 0) is 11.3 Å². The van der Waals surface area contributed by atoms with Crippen molar-refractivity contribution < 1.29 is 9.90 Å². The van der Waals surface area contributed by atoms with Crippen LogP contribution in [0.2, 0.25) is 0 Å². The Morgan fingerprint density at radius 1 is 1.42 bits per heavy atom. The summed E-state index contributed by atoms with van der Waals surface area (Å²) in [4.78, 5) is 11.9. The van der Waals surface area contributed by atoms with E-state index in [2.05, 4.69) is 15.6 Å². The van der Waals surface area contributed by atoms with E-state index in [1.165, 1.54) is 0 Å². The summed E-state index contributed by atoms with van der Waals surface area (Å²) in [6.45, 7) is 0.880. The van der Waals surface area contributed by atoms with Crippen molar-refractivity contribution >= 4 is 5.91 Å². The van der Waals surface area contributed by atoms with Gasteiger partial charge >= 0.3 is 0 Å². The molecule has 2 rings (SSSR count). The molecular weight excluding hydrogens is 244 g/mol. The van der Waals surface area contributed by atoms with E-state index in [1.807, 2.05) is 0 Å². The molecule has 1 heterocycles. The monoisotopic (exact) mass is 266 g/mol. The van der Waals surface area contributed by atoms with Crippen LogP contribution in [0.5, 0.6) is 0 Å². The lowest BCUT2D eigenvalue weighted by molar-refractivity contribution is -0.122. The lowest BCUT2D eigenvalue weighted by Gasteiger charge is -2.30. The molecule has 1 fully saturated rings. The first-order valence-corrected chi connectivity index (χ1v) is 7.04. The minimum absolute atomic E-state index is 0.0745. The topological polar surface area (TPSA) is 80.0 Å². The number of aliphatic hydroxyl groups excluding tert-OH is 1. The maximum absolute atomic E-state index is 11.9. The zero-order valence-corrected chi connectivity index (χ0v) is 11.2. The third kappa shape index (κ3) is 4.31. The van der Waals surface area contributed by atoms with Crippen LogP contribution >= 0.6 is 0 Å². The van der Waals surface area contributed by atoms with Gasteiger partial charge in [0.2, 0.25) is 5.91 Å². The summed E-state index contributed by atoms with van der Waals surface area (Å²) in [6, 6.07) is 0.151. The van der Waals surface area contributed by atoms with Gasteiger partial charge in [0.25, 0.3) is 0 Å². The molecule has 106 valence electrons. The number of carbonyl (C=O) groups excluding carboxylic acids is 1. The molecule has 2 unspecified atom stereocenters. The molecule has 1 aromatic heterocycles. The molecule has 0 radical (unpaired) electrons. The Morgan fingerprint density at radius 3 is 3.00 bits per heavy atom. The minimum Gasteiger partial charge on any atom is -0.396 e. The summed E-state index contributed by atoms with van der Waals surface area (Å²) in [5.74, 6) is 0.304. The van der Waals surface area contributed by atoms with Crippen LogP contribution < -0.4 is 5.32 Å². The predicted octanol–water partition coefficient (Wildman–Crippen LogP) is 0.726. The molecule has 0 aliphatic heterocycles. The highest BCUT2D eigenvalue weighted by atomic mass is 16.3. The second-order valence-corrected chi connectivity index (χ2v) is 5.17. The number of hydrogen-bond acceptors (Lipinski definition) is 4. The Labute approximate surface area is 113 Å². The highest BCUT2D eigenvalue weighted by molar-refractivity contribution is 5.76. The van der Waals surface area contributed by atoms with E-state index >= 15 is 0 Å². The zero-order valence-electron chi connectivity index (χ0n) is 11.2. The molecule has 0 bridgehead atoms. The average Bonchev–Trinajstić information content (AvgIpc) is 2.92. The van der Waals surface area contributed by atoms with Gasteiger partial charge in [-0.05, 0) is 19.3 Å². The van der Waals surface area contributed by atoms with E-state index in [0.29, 0.717) is 13.0 Å². The first-order chi connectivity index (χ1) is 9.29. The lowest BCUT2D eigenvalue weighted by atomic mass is 9.85. The highest BCUT2D eigenvalue weighted by Gasteiger charge is 2.25. The van der Waals surface area contributed by atoms with E-state index in [0.717, 1.165) is 32.1 Å². The van der Waals surface area contributed by atoms with Crippen molar-refractivity contribution in [3.63, 3.8) is 0 Å². The van der Waals surface area contributed by atoms with Crippen LogP contribution in [0.25, 0.3) is 0 Å². The Hall–Kier alpha value is -1.43. The Kier molecular flexibility index (Phi) is 5.32. The second-order valence-electron chi connectivity index (χ2n) is 5.17. The molecule has 1 amide bonds. The third-order valence-electron chi connectivity index (χ3n) is 3.75. The van der Waals surface area contributed by atoms with Gasteiger partial charge in [-0.2, -0.15) is 0 Å². The van der Waals surface area contributed by atoms with Crippen molar-refractivity contribution in [1.82, 2.24) is 20.3 Å². The lowest BCUT2D eigenvalue weighted by Crippen LogP contribution is -2.43. The SMILES string of the molecule is O=C(CCCn1ccnn1)NC1CCCCC1CO. The van der Waals surface area contributed by atoms with Gasteiger partial charge < -0.3 is 10.4 Å².